The maximum atomic E-state index is 11.6. The van der Waals surface area contributed by atoms with E-state index in [9.17, 15) is 9.90 Å². The SMILES string of the molecule is CCC(O)(c1ccco1)c1cc(Br)ccc1NC(=O)CCl. The third kappa shape index (κ3) is 3.31. The molecule has 0 radical (unpaired) electrons. The number of carbonyl (C=O) groups excluding carboxylic acids is 1. The van der Waals surface area contributed by atoms with Gasteiger partial charge in [-0.05, 0) is 36.8 Å². The van der Waals surface area contributed by atoms with Crippen LogP contribution in [0.5, 0.6) is 0 Å². The molecule has 1 aromatic heterocycles. The Hall–Kier alpha value is -1.30. The number of carbonyl (C=O) groups is 1. The van der Waals surface area contributed by atoms with E-state index in [2.05, 4.69) is 21.2 Å². The highest BCUT2D eigenvalue weighted by molar-refractivity contribution is 9.10. The van der Waals surface area contributed by atoms with Crippen molar-refractivity contribution in [1.82, 2.24) is 0 Å². The molecule has 0 bridgehead atoms. The molecule has 112 valence electrons. The minimum Gasteiger partial charge on any atom is -0.466 e. The van der Waals surface area contributed by atoms with E-state index in [0.717, 1.165) is 4.47 Å². The molecular formula is C15H15BrClNO3. The van der Waals surface area contributed by atoms with Gasteiger partial charge in [0.1, 0.15) is 17.2 Å². The van der Waals surface area contributed by atoms with Crippen molar-refractivity contribution in [2.75, 3.05) is 11.2 Å². The van der Waals surface area contributed by atoms with Gasteiger partial charge in [-0.2, -0.15) is 0 Å². The fraction of sp³-hybridized carbons (Fsp3) is 0.267. The first-order valence-electron chi connectivity index (χ1n) is 6.43. The lowest BCUT2D eigenvalue weighted by molar-refractivity contribution is -0.113. The third-order valence-electron chi connectivity index (χ3n) is 3.26. The minimum absolute atomic E-state index is 0.152. The standard InChI is InChI=1S/C15H15BrClNO3/c1-2-15(20,13-4-3-7-21-13)11-8-10(16)5-6-12(11)18-14(19)9-17/h3-8,20H,2,9H2,1H3,(H,18,19). The lowest BCUT2D eigenvalue weighted by Crippen LogP contribution is -2.28. The van der Waals surface area contributed by atoms with Crippen LogP contribution < -0.4 is 5.32 Å². The van der Waals surface area contributed by atoms with E-state index in [1.807, 2.05) is 6.92 Å². The molecule has 1 heterocycles. The van der Waals surface area contributed by atoms with Gasteiger partial charge in [-0.15, -0.1) is 11.6 Å². The highest BCUT2D eigenvalue weighted by atomic mass is 79.9. The first-order valence-corrected chi connectivity index (χ1v) is 7.76. The van der Waals surface area contributed by atoms with Crippen LogP contribution >= 0.6 is 27.5 Å². The Morgan fingerprint density at radius 3 is 2.81 bits per heavy atom. The lowest BCUT2D eigenvalue weighted by atomic mass is 9.87. The van der Waals surface area contributed by atoms with Gasteiger partial charge in [0, 0.05) is 15.7 Å². The summed E-state index contributed by atoms with van der Waals surface area (Å²) in [7, 11) is 0. The molecule has 0 aliphatic carbocycles. The van der Waals surface area contributed by atoms with Crippen LogP contribution in [-0.2, 0) is 10.4 Å². The largest absolute Gasteiger partial charge is 0.466 e. The van der Waals surface area contributed by atoms with Gasteiger partial charge in [0.2, 0.25) is 5.91 Å². The fourth-order valence-electron chi connectivity index (χ4n) is 2.16. The zero-order valence-electron chi connectivity index (χ0n) is 11.4. The Bertz CT molecular complexity index is 630. The van der Waals surface area contributed by atoms with Crippen LogP contribution in [0, 0.1) is 0 Å². The number of nitrogens with one attached hydrogen (secondary N) is 1. The van der Waals surface area contributed by atoms with Crippen LogP contribution in [0.25, 0.3) is 0 Å². The molecule has 0 aliphatic rings. The average molecular weight is 373 g/mol. The Morgan fingerprint density at radius 1 is 1.48 bits per heavy atom. The summed E-state index contributed by atoms with van der Waals surface area (Å²) >= 11 is 8.91. The number of aliphatic hydroxyl groups is 1. The highest BCUT2D eigenvalue weighted by Crippen LogP contribution is 2.38. The van der Waals surface area contributed by atoms with Crippen molar-refractivity contribution in [3.05, 3.63) is 52.4 Å². The summed E-state index contributed by atoms with van der Waals surface area (Å²) < 4.78 is 6.16. The van der Waals surface area contributed by atoms with Crippen LogP contribution in [0.4, 0.5) is 5.69 Å². The number of furan rings is 1. The van der Waals surface area contributed by atoms with Crippen molar-refractivity contribution >= 4 is 39.1 Å². The monoisotopic (exact) mass is 371 g/mol. The van der Waals surface area contributed by atoms with Gasteiger partial charge in [-0.25, -0.2) is 0 Å². The van der Waals surface area contributed by atoms with Crippen LogP contribution in [0.3, 0.4) is 0 Å². The number of benzene rings is 1. The molecule has 1 amide bonds. The van der Waals surface area contributed by atoms with E-state index in [1.54, 1.807) is 30.3 Å². The Morgan fingerprint density at radius 2 is 2.24 bits per heavy atom. The molecule has 21 heavy (non-hydrogen) atoms. The molecule has 0 saturated heterocycles. The van der Waals surface area contributed by atoms with E-state index in [1.165, 1.54) is 6.26 Å². The molecule has 1 atom stereocenters. The van der Waals surface area contributed by atoms with Gasteiger partial charge in [-0.1, -0.05) is 22.9 Å². The number of rotatable bonds is 5. The molecular weight excluding hydrogens is 358 g/mol. The van der Waals surface area contributed by atoms with E-state index >= 15 is 0 Å². The van der Waals surface area contributed by atoms with Gasteiger partial charge < -0.3 is 14.8 Å². The number of hydrogen-bond donors (Lipinski definition) is 2. The second-order valence-electron chi connectivity index (χ2n) is 4.56. The fourth-order valence-corrected chi connectivity index (χ4v) is 2.59. The summed E-state index contributed by atoms with van der Waals surface area (Å²) in [5.74, 6) is -0.0662. The number of amides is 1. The molecule has 4 nitrogen and oxygen atoms in total. The Labute approximate surface area is 136 Å². The second kappa shape index (κ2) is 6.64. The van der Waals surface area contributed by atoms with Gasteiger partial charge in [0.15, 0.2) is 0 Å². The lowest BCUT2D eigenvalue weighted by Gasteiger charge is -2.27. The van der Waals surface area contributed by atoms with Gasteiger partial charge in [0.05, 0.1) is 6.26 Å². The molecule has 0 aliphatic heterocycles. The van der Waals surface area contributed by atoms with E-state index in [-0.39, 0.29) is 11.8 Å². The first kappa shape index (κ1) is 16.1. The van der Waals surface area contributed by atoms with Crippen molar-refractivity contribution in [2.45, 2.75) is 18.9 Å². The second-order valence-corrected chi connectivity index (χ2v) is 5.75. The van der Waals surface area contributed by atoms with Crippen LogP contribution in [0.2, 0.25) is 0 Å². The van der Waals surface area contributed by atoms with Crippen LogP contribution in [0.1, 0.15) is 24.7 Å². The van der Waals surface area contributed by atoms with Crippen molar-refractivity contribution in [2.24, 2.45) is 0 Å². The molecule has 2 aromatic rings. The Balaban J connectivity index is 2.54. The summed E-state index contributed by atoms with van der Waals surface area (Å²) in [4.78, 5) is 11.6. The van der Waals surface area contributed by atoms with Gasteiger partial charge >= 0.3 is 0 Å². The predicted octanol–water partition coefficient (Wildman–Crippen LogP) is 3.87. The van der Waals surface area contributed by atoms with E-state index in [0.29, 0.717) is 23.4 Å². The van der Waals surface area contributed by atoms with Crippen molar-refractivity contribution in [3.63, 3.8) is 0 Å². The highest BCUT2D eigenvalue weighted by Gasteiger charge is 2.35. The van der Waals surface area contributed by atoms with Crippen molar-refractivity contribution in [1.29, 1.82) is 0 Å². The molecule has 1 unspecified atom stereocenters. The topological polar surface area (TPSA) is 62.5 Å². The maximum absolute atomic E-state index is 11.6. The zero-order chi connectivity index (χ0) is 15.5. The molecule has 6 heteroatoms. The average Bonchev–Trinajstić information content (AvgIpc) is 3.03. The number of halogens is 2. The normalized spacial score (nSPS) is 13.7. The molecule has 0 saturated carbocycles. The minimum atomic E-state index is -1.33. The number of hydrogen-bond acceptors (Lipinski definition) is 3. The molecule has 0 fully saturated rings. The Kier molecular flexibility index (Phi) is 5.08. The summed E-state index contributed by atoms with van der Waals surface area (Å²) in [5.41, 5.74) is -0.278. The third-order valence-corrected chi connectivity index (χ3v) is 4.00. The molecule has 2 rings (SSSR count). The van der Waals surface area contributed by atoms with Crippen molar-refractivity contribution < 1.29 is 14.3 Å². The molecule has 1 aromatic carbocycles. The summed E-state index contributed by atoms with van der Waals surface area (Å²) in [6.07, 6.45) is 1.89. The summed E-state index contributed by atoms with van der Waals surface area (Å²) in [6, 6.07) is 8.68. The van der Waals surface area contributed by atoms with Crippen LogP contribution in [-0.4, -0.2) is 16.9 Å². The number of alkyl halides is 1. The molecule has 2 N–H and O–H groups in total. The van der Waals surface area contributed by atoms with E-state index in [4.69, 9.17) is 16.0 Å². The van der Waals surface area contributed by atoms with Gasteiger partial charge in [0.25, 0.3) is 0 Å². The van der Waals surface area contributed by atoms with Crippen LogP contribution in [0.15, 0.2) is 45.5 Å². The smallest absolute Gasteiger partial charge is 0.239 e. The maximum Gasteiger partial charge on any atom is 0.239 e. The number of anilines is 1. The quantitative estimate of drug-likeness (QED) is 0.783. The predicted molar refractivity (Wildman–Crippen MR) is 85.5 cm³/mol. The summed E-state index contributed by atoms with van der Waals surface area (Å²) in [6.45, 7) is 1.84. The summed E-state index contributed by atoms with van der Waals surface area (Å²) in [5, 5.41) is 13.7. The van der Waals surface area contributed by atoms with E-state index < -0.39 is 5.60 Å². The van der Waals surface area contributed by atoms with Crippen molar-refractivity contribution in [3.8, 4) is 0 Å². The van der Waals surface area contributed by atoms with Gasteiger partial charge in [-0.3, -0.25) is 4.79 Å². The first-order chi connectivity index (χ1) is 10.0. The zero-order valence-corrected chi connectivity index (χ0v) is 13.7. The molecule has 0 spiro atoms.